The van der Waals surface area contributed by atoms with Crippen molar-refractivity contribution in [2.45, 2.75) is 0 Å². The molecule has 0 unspecified atom stereocenters. The molecule has 0 fully saturated rings. The van der Waals surface area contributed by atoms with Crippen LogP contribution in [0.2, 0.25) is 0 Å². The van der Waals surface area contributed by atoms with Gasteiger partial charge in [-0.3, -0.25) is 0 Å². The highest BCUT2D eigenvalue weighted by molar-refractivity contribution is 7.13. The zero-order chi connectivity index (χ0) is 14.8. The summed E-state index contributed by atoms with van der Waals surface area (Å²) in [6, 6.07) is 7.70. The Morgan fingerprint density at radius 3 is 2.52 bits per heavy atom. The van der Waals surface area contributed by atoms with E-state index in [1.54, 1.807) is 25.6 Å². The van der Waals surface area contributed by atoms with Gasteiger partial charge in [-0.25, -0.2) is 9.97 Å². The van der Waals surface area contributed by atoms with Crippen LogP contribution in [0.15, 0.2) is 29.6 Å². The average molecular weight is 301 g/mol. The number of aromatic nitrogens is 2. The van der Waals surface area contributed by atoms with Gasteiger partial charge in [0.15, 0.2) is 5.82 Å². The quantitative estimate of drug-likeness (QED) is 0.800. The van der Waals surface area contributed by atoms with Crippen molar-refractivity contribution in [2.75, 3.05) is 26.6 Å². The molecular weight excluding hydrogens is 286 g/mol. The standard InChI is InChI=1S/C15H15N3O2S/c1-16-14-11-6-9(19-2)4-5-12(11)17-15(18-14)13-7-10(20-3)8-21-13/h4-8H,1-3H3,(H,16,17,18). The van der Waals surface area contributed by atoms with Crippen LogP contribution in [0.5, 0.6) is 11.5 Å². The first-order valence-electron chi connectivity index (χ1n) is 6.41. The zero-order valence-corrected chi connectivity index (χ0v) is 12.8. The molecule has 108 valence electrons. The summed E-state index contributed by atoms with van der Waals surface area (Å²) in [5, 5.41) is 5.99. The van der Waals surface area contributed by atoms with E-state index >= 15 is 0 Å². The molecule has 0 saturated heterocycles. The lowest BCUT2D eigenvalue weighted by atomic mass is 10.2. The topological polar surface area (TPSA) is 56.3 Å². The fourth-order valence-corrected chi connectivity index (χ4v) is 2.87. The first-order chi connectivity index (χ1) is 10.2. The Morgan fingerprint density at radius 1 is 1.05 bits per heavy atom. The summed E-state index contributed by atoms with van der Waals surface area (Å²) in [7, 11) is 5.14. The molecule has 0 bridgehead atoms. The largest absolute Gasteiger partial charge is 0.497 e. The van der Waals surface area contributed by atoms with E-state index < -0.39 is 0 Å². The lowest BCUT2D eigenvalue weighted by Gasteiger charge is -2.08. The second-order valence-corrected chi connectivity index (χ2v) is 5.29. The summed E-state index contributed by atoms with van der Waals surface area (Å²) in [5.41, 5.74) is 0.873. The molecule has 0 aliphatic heterocycles. The summed E-state index contributed by atoms with van der Waals surface area (Å²) in [6.07, 6.45) is 0. The predicted octanol–water partition coefficient (Wildman–Crippen LogP) is 3.42. The van der Waals surface area contributed by atoms with Crippen LogP contribution in [0.4, 0.5) is 5.82 Å². The van der Waals surface area contributed by atoms with Crippen molar-refractivity contribution in [1.29, 1.82) is 0 Å². The van der Waals surface area contributed by atoms with Crippen molar-refractivity contribution in [3.63, 3.8) is 0 Å². The summed E-state index contributed by atoms with van der Waals surface area (Å²) in [4.78, 5) is 10.2. The molecule has 1 N–H and O–H groups in total. The van der Waals surface area contributed by atoms with Crippen LogP contribution in [0.25, 0.3) is 21.6 Å². The fraction of sp³-hybridized carbons (Fsp3) is 0.200. The minimum atomic E-state index is 0.685. The van der Waals surface area contributed by atoms with Crippen molar-refractivity contribution >= 4 is 28.1 Å². The maximum atomic E-state index is 5.26. The van der Waals surface area contributed by atoms with Gasteiger partial charge >= 0.3 is 0 Å². The third-order valence-corrected chi connectivity index (χ3v) is 4.08. The molecule has 5 nitrogen and oxygen atoms in total. The highest BCUT2D eigenvalue weighted by Gasteiger charge is 2.11. The van der Waals surface area contributed by atoms with E-state index in [0.29, 0.717) is 5.82 Å². The molecule has 0 atom stereocenters. The van der Waals surface area contributed by atoms with Gasteiger partial charge in [-0.1, -0.05) is 0 Å². The molecule has 2 heterocycles. The molecule has 0 spiro atoms. The van der Waals surface area contributed by atoms with Crippen LogP contribution in [0, 0.1) is 0 Å². The molecule has 2 aromatic heterocycles. The number of rotatable bonds is 4. The van der Waals surface area contributed by atoms with E-state index in [1.165, 1.54) is 0 Å². The predicted molar refractivity (Wildman–Crippen MR) is 85.5 cm³/mol. The van der Waals surface area contributed by atoms with Gasteiger partial charge in [-0.05, 0) is 18.2 Å². The van der Waals surface area contributed by atoms with Gasteiger partial charge in [0.1, 0.15) is 17.3 Å². The Kier molecular flexibility index (Phi) is 3.62. The molecule has 0 amide bonds. The van der Waals surface area contributed by atoms with Crippen LogP contribution < -0.4 is 14.8 Å². The van der Waals surface area contributed by atoms with E-state index in [9.17, 15) is 0 Å². The number of methoxy groups -OCH3 is 2. The normalized spacial score (nSPS) is 10.6. The van der Waals surface area contributed by atoms with Gasteiger partial charge < -0.3 is 14.8 Å². The van der Waals surface area contributed by atoms with Crippen molar-refractivity contribution in [2.24, 2.45) is 0 Å². The molecule has 21 heavy (non-hydrogen) atoms. The second-order valence-electron chi connectivity index (χ2n) is 4.38. The third kappa shape index (κ3) is 2.50. The summed E-state index contributed by atoms with van der Waals surface area (Å²) >= 11 is 1.56. The van der Waals surface area contributed by atoms with Crippen molar-refractivity contribution in [3.8, 4) is 22.2 Å². The van der Waals surface area contributed by atoms with Crippen molar-refractivity contribution in [3.05, 3.63) is 29.6 Å². The molecule has 0 saturated carbocycles. The van der Waals surface area contributed by atoms with Gasteiger partial charge in [-0.15, -0.1) is 11.3 Å². The Hall–Kier alpha value is -2.34. The number of fused-ring (bicyclic) bond motifs is 1. The number of nitrogens with one attached hydrogen (secondary N) is 1. The SMILES string of the molecule is CNc1nc(-c2cc(OC)cs2)nc2ccc(OC)cc12. The fourth-order valence-electron chi connectivity index (χ4n) is 2.08. The Morgan fingerprint density at radius 2 is 1.86 bits per heavy atom. The first kappa shape index (κ1) is 13.6. The number of hydrogen-bond donors (Lipinski definition) is 1. The molecule has 0 radical (unpaired) electrons. The van der Waals surface area contributed by atoms with Crippen LogP contribution >= 0.6 is 11.3 Å². The third-order valence-electron chi connectivity index (χ3n) is 3.17. The van der Waals surface area contributed by atoms with Crippen LogP contribution in [-0.4, -0.2) is 31.2 Å². The summed E-state index contributed by atoms with van der Waals surface area (Å²) in [6.45, 7) is 0. The molecule has 6 heteroatoms. The van der Waals surface area contributed by atoms with Gasteiger partial charge in [0, 0.05) is 23.9 Å². The van der Waals surface area contributed by atoms with Crippen LogP contribution in [0.1, 0.15) is 0 Å². The maximum absolute atomic E-state index is 5.26. The van der Waals surface area contributed by atoms with Gasteiger partial charge in [-0.2, -0.15) is 0 Å². The second kappa shape index (κ2) is 5.57. The maximum Gasteiger partial charge on any atom is 0.172 e. The van der Waals surface area contributed by atoms with E-state index in [4.69, 9.17) is 9.47 Å². The van der Waals surface area contributed by atoms with E-state index in [2.05, 4.69) is 15.3 Å². The van der Waals surface area contributed by atoms with E-state index in [1.807, 2.05) is 36.7 Å². The molecular formula is C15H15N3O2S. The van der Waals surface area contributed by atoms with Gasteiger partial charge in [0.2, 0.25) is 0 Å². The summed E-state index contributed by atoms with van der Waals surface area (Å²) in [5.74, 6) is 3.07. The monoisotopic (exact) mass is 301 g/mol. The minimum Gasteiger partial charge on any atom is -0.497 e. The lowest BCUT2D eigenvalue weighted by Crippen LogP contribution is -1.98. The zero-order valence-electron chi connectivity index (χ0n) is 12.0. The highest BCUT2D eigenvalue weighted by atomic mass is 32.1. The molecule has 0 aliphatic rings. The Bertz CT molecular complexity index is 786. The number of benzene rings is 1. The Balaban J connectivity index is 2.17. The van der Waals surface area contributed by atoms with Gasteiger partial charge in [0.25, 0.3) is 0 Å². The molecule has 0 aliphatic carbocycles. The highest BCUT2D eigenvalue weighted by Crippen LogP contribution is 2.32. The molecule has 1 aromatic carbocycles. The number of thiophene rings is 1. The molecule has 3 rings (SSSR count). The van der Waals surface area contributed by atoms with Crippen LogP contribution in [-0.2, 0) is 0 Å². The van der Waals surface area contributed by atoms with Crippen molar-refractivity contribution < 1.29 is 9.47 Å². The lowest BCUT2D eigenvalue weighted by molar-refractivity contribution is 0.415. The van der Waals surface area contributed by atoms with E-state index in [-0.39, 0.29) is 0 Å². The van der Waals surface area contributed by atoms with Crippen molar-refractivity contribution in [1.82, 2.24) is 9.97 Å². The van der Waals surface area contributed by atoms with Gasteiger partial charge in [0.05, 0.1) is 24.6 Å². The number of nitrogens with zero attached hydrogens (tertiary/aromatic N) is 2. The van der Waals surface area contributed by atoms with Crippen LogP contribution in [0.3, 0.4) is 0 Å². The Labute approximate surface area is 126 Å². The average Bonchev–Trinajstić information content (AvgIpc) is 3.02. The molecule has 3 aromatic rings. The number of hydrogen-bond acceptors (Lipinski definition) is 6. The first-order valence-corrected chi connectivity index (χ1v) is 7.29. The van der Waals surface area contributed by atoms with E-state index in [0.717, 1.165) is 33.1 Å². The minimum absolute atomic E-state index is 0.685. The smallest absolute Gasteiger partial charge is 0.172 e. The number of ether oxygens (including phenoxy) is 2. The summed E-state index contributed by atoms with van der Waals surface area (Å²) < 4.78 is 10.5. The number of anilines is 1.